The van der Waals surface area contributed by atoms with Gasteiger partial charge >= 0.3 is 5.97 Å². The highest BCUT2D eigenvalue weighted by molar-refractivity contribution is 9.10. The van der Waals surface area contributed by atoms with Crippen LogP contribution in [0.1, 0.15) is 24.2 Å². The minimum Gasteiger partial charge on any atom is -0.480 e. The summed E-state index contributed by atoms with van der Waals surface area (Å²) in [6.45, 7) is 2.85. The first-order chi connectivity index (χ1) is 10.2. The normalized spacial score (nSPS) is 11.6. The molecule has 2 amide bonds. The predicted molar refractivity (Wildman–Crippen MR) is 81.6 cm³/mol. The summed E-state index contributed by atoms with van der Waals surface area (Å²) in [6, 6.07) is 0.244. The van der Waals surface area contributed by atoms with E-state index in [4.69, 9.17) is 5.11 Å². The van der Waals surface area contributed by atoms with Crippen LogP contribution in [0, 0.1) is 0 Å². The highest BCUT2D eigenvalue weighted by atomic mass is 79.9. The first-order valence-electron chi connectivity index (χ1n) is 6.40. The molecule has 0 spiro atoms. The number of pyridine rings is 1. The molecule has 1 aromatic heterocycles. The van der Waals surface area contributed by atoms with Crippen LogP contribution in [0.15, 0.2) is 21.5 Å². The average molecular weight is 374 g/mol. The average Bonchev–Trinajstić information content (AvgIpc) is 2.44. The summed E-state index contributed by atoms with van der Waals surface area (Å²) in [4.78, 5) is 49.2. The van der Waals surface area contributed by atoms with Crippen molar-refractivity contribution in [1.82, 2.24) is 15.2 Å². The van der Waals surface area contributed by atoms with Gasteiger partial charge in [0.1, 0.15) is 6.04 Å². The van der Waals surface area contributed by atoms with Gasteiger partial charge in [-0.3, -0.25) is 14.4 Å². The third kappa shape index (κ3) is 4.69. The molecule has 9 heteroatoms. The minimum absolute atomic E-state index is 0.0304. The van der Waals surface area contributed by atoms with Crippen LogP contribution in [0.5, 0.6) is 0 Å². The zero-order valence-corrected chi connectivity index (χ0v) is 13.6. The molecule has 0 aliphatic carbocycles. The van der Waals surface area contributed by atoms with Crippen LogP contribution in [-0.4, -0.2) is 51.9 Å². The lowest BCUT2D eigenvalue weighted by Gasteiger charge is -2.26. The van der Waals surface area contributed by atoms with Crippen molar-refractivity contribution < 1.29 is 19.5 Å². The minimum atomic E-state index is -1.17. The Morgan fingerprint density at radius 2 is 2.09 bits per heavy atom. The fourth-order valence-corrected chi connectivity index (χ4v) is 2.06. The summed E-state index contributed by atoms with van der Waals surface area (Å²) in [6.07, 6.45) is 1.22. The summed E-state index contributed by atoms with van der Waals surface area (Å²) in [5.74, 6) is -2.00. The number of nitrogens with zero attached hydrogens (tertiary/aromatic N) is 1. The van der Waals surface area contributed by atoms with Crippen LogP contribution >= 0.6 is 15.9 Å². The quantitative estimate of drug-likeness (QED) is 0.657. The Bertz CT molecular complexity index is 643. The molecule has 0 radical (unpaired) electrons. The lowest BCUT2D eigenvalue weighted by atomic mass is 10.2. The second-order valence-corrected chi connectivity index (χ2v) is 5.42. The molecule has 22 heavy (non-hydrogen) atoms. The highest BCUT2D eigenvalue weighted by Gasteiger charge is 2.26. The molecule has 120 valence electrons. The summed E-state index contributed by atoms with van der Waals surface area (Å²) in [5.41, 5.74) is -0.255. The number of carbonyl (C=O) groups excluding carboxylic acids is 2. The number of hydrogen-bond acceptors (Lipinski definition) is 4. The molecule has 0 fully saturated rings. The van der Waals surface area contributed by atoms with E-state index in [-0.39, 0.29) is 29.0 Å². The van der Waals surface area contributed by atoms with Crippen molar-refractivity contribution in [3.63, 3.8) is 0 Å². The Labute approximate surface area is 134 Å². The lowest BCUT2D eigenvalue weighted by Crippen LogP contribution is -2.46. The number of aliphatic carboxylic acids is 1. The Morgan fingerprint density at radius 1 is 1.45 bits per heavy atom. The maximum atomic E-state index is 12.4. The van der Waals surface area contributed by atoms with Gasteiger partial charge in [0, 0.05) is 26.2 Å². The van der Waals surface area contributed by atoms with Crippen molar-refractivity contribution in [1.29, 1.82) is 0 Å². The smallest absolute Gasteiger partial charge is 0.326 e. The largest absolute Gasteiger partial charge is 0.480 e. The number of amides is 2. The molecule has 3 N–H and O–H groups in total. The molecular formula is C13H16BrN3O5. The SMILES string of the molecule is CC(=O)NCCN(C(=O)c1c[nH]c(=O)c(Br)c1)C(C)C(=O)O. The third-order valence-corrected chi connectivity index (χ3v) is 3.51. The fraction of sp³-hybridized carbons (Fsp3) is 0.385. The monoisotopic (exact) mass is 373 g/mol. The second-order valence-electron chi connectivity index (χ2n) is 4.56. The fourth-order valence-electron chi connectivity index (χ4n) is 1.70. The number of rotatable bonds is 6. The number of carboxylic acid groups (broad SMARTS) is 1. The number of aromatic amines is 1. The Kier molecular flexibility index (Phi) is 6.29. The molecule has 0 bridgehead atoms. The van der Waals surface area contributed by atoms with Gasteiger partial charge in [-0.25, -0.2) is 4.79 Å². The van der Waals surface area contributed by atoms with Crippen LogP contribution in [0.25, 0.3) is 0 Å². The van der Waals surface area contributed by atoms with Gasteiger partial charge in [-0.2, -0.15) is 0 Å². The van der Waals surface area contributed by atoms with Crippen molar-refractivity contribution >= 4 is 33.7 Å². The first-order valence-corrected chi connectivity index (χ1v) is 7.19. The first kappa shape index (κ1) is 17.9. The van der Waals surface area contributed by atoms with Gasteiger partial charge in [0.2, 0.25) is 5.91 Å². The maximum absolute atomic E-state index is 12.4. The molecular weight excluding hydrogens is 358 g/mol. The zero-order valence-electron chi connectivity index (χ0n) is 12.1. The lowest BCUT2D eigenvalue weighted by molar-refractivity contribution is -0.141. The topological polar surface area (TPSA) is 120 Å². The molecule has 1 unspecified atom stereocenters. The Hall–Kier alpha value is -2.16. The van der Waals surface area contributed by atoms with Crippen molar-refractivity contribution in [2.75, 3.05) is 13.1 Å². The van der Waals surface area contributed by atoms with Crippen molar-refractivity contribution in [2.45, 2.75) is 19.9 Å². The summed E-state index contributed by atoms with van der Waals surface area (Å²) in [5, 5.41) is 11.6. The molecule has 8 nitrogen and oxygen atoms in total. The van der Waals surface area contributed by atoms with E-state index in [1.165, 1.54) is 26.1 Å². The summed E-state index contributed by atoms with van der Waals surface area (Å²) in [7, 11) is 0. The number of hydrogen-bond donors (Lipinski definition) is 3. The van der Waals surface area contributed by atoms with E-state index >= 15 is 0 Å². The molecule has 1 heterocycles. The third-order valence-electron chi connectivity index (χ3n) is 2.92. The highest BCUT2D eigenvalue weighted by Crippen LogP contribution is 2.11. The maximum Gasteiger partial charge on any atom is 0.326 e. The van der Waals surface area contributed by atoms with Crippen LogP contribution in [0.2, 0.25) is 0 Å². The Morgan fingerprint density at radius 3 is 2.59 bits per heavy atom. The van der Waals surface area contributed by atoms with Gasteiger partial charge in [-0.15, -0.1) is 0 Å². The van der Waals surface area contributed by atoms with Crippen molar-refractivity contribution in [2.24, 2.45) is 0 Å². The van der Waals surface area contributed by atoms with Crippen LogP contribution < -0.4 is 10.9 Å². The van der Waals surface area contributed by atoms with Gasteiger partial charge in [-0.1, -0.05) is 0 Å². The van der Waals surface area contributed by atoms with Gasteiger partial charge in [0.05, 0.1) is 10.0 Å². The molecule has 1 rings (SSSR count). The number of aromatic nitrogens is 1. The van der Waals surface area contributed by atoms with E-state index in [1.807, 2.05) is 0 Å². The van der Waals surface area contributed by atoms with Crippen LogP contribution in [-0.2, 0) is 9.59 Å². The van der Waals surface area contributed by atoms with Crippen molar-refractivity contribution in [3.8, 4) is 0 Å². The van der Waals surface area contributed by atoms with Gasteiger partial charge in [0.15, 0.2) is 0 Å². The standard InChI is InChI=1S/C13H16BrN3O5/c1-7(13(21)22)17(4-3-15-8(2)18)12(20)9-5-10(14)11(19)16-6-9/h5-7H,3-4H2,1-2H3,(H,15,18)(H,16,19)(H,21,22). The molecule has 1 atom stereocenters. The number of halogens is 1. The van der Waals surface area contributed by atoms with Crippen molar-refractivity contribution in [3.05, 3.63) is 32.7 Å². The van der Waals surface area contributed by atoms with E-state index in [1.54, 1.807) is 0 Å². The van der Waals surface area contributed by atoms with Gasteiger partial charge in [0.25, 0.3) is 11.5 Å². The molecule has 0 aliphatic rings. The molecule has 0 aromatic carbocycles. The number of nitrogens with one attached hydrogen (secondary N) is 2. The van der Waals surface area contributed by atoms with Crippen LogP contribution in [0.3, 0.4) is 0 Å². The van der Waals surface area contributed by atoms with E-state index in [0.29, 0.717) is 0 Å². The Balaban J connectivity index is 3.00. The van der Waals surface area contributed by atoms with E-state index in [9.17, 15) is 19.2 Å². The molecule has 0 saturated heterocycles. The predicted octanol–water partition coefficient (Wildman–Crippen LogP) is 0.189. The molecule has 0 saturated carbocycles. The van der Waals surface area contributed by atoms with Gasteiger partial charge in [-0.05, 0) is 28.9 Å². The zero-order chi connectivity index (χ0) is 16.9. The van der Waals surface area contributed by atoms with E-state index in [0.717, 1.165) is 4.90 Å². The number of carbonyl (C=O) groups is 3. The summed E-state index contributed by atoms with van der Waals surface area (Å²) < 4.78 is 0.170. The number of carboxylic acids is 1. The van der Waals surface area contributed by atoms with Crippen LogP contribution in [0.4, 0.5) is 0 Å². The van der Waals surface area contributed by atoms with E-state index < -0.39 is 23.5 Å². The molecule has 0 aliphatic heterocycles. The summed E-state index contributed by atoms with van der Waals surface area (Å²) >= 11 is 3.01. The second kappa shape index (κ2) is 7.74. The number of H-pyrrole nitrogens is 1. The van der Waals surface area contributed by atoms with E-state index in [2.05, 4.69) is 26.2 Å². The molecule has 1 aromatic rings. The van der Waals surface area contributed by atoms with Gasteiger partial charge < -0.3 is 20.3 Å².